The van der Waals surface area contributed by atoms with Crippen molar-refractivity contribution in [1.29, 1.82) is 0 Å². The lowest BCUT2D eigenvalue weighted by Gasteiger charge is -2.39. The summed E-state index contributed by atoms with van der Waals surface area (Å²) in [5.74, 6) is 0.164. The van der Waals surface area contributed by atoms with Gasteiger partial charge in [-0.05, 0) is 33.2 Å². The first kappa shape index (κ1) is 10.9. The molecule has 2 aliphatic rings. The van der Waals surface area contributed by atoms with Gasteiger partial charge >= 0.3 is 0 Å². The Hall–Kier alpha value is -0.610. The van der Waals surface area contributed by atoms with Crippen LogP contribution in [0.5, 0.6) is 0 Å². The molecule has 3 atom stereocenters. The average molecular weight is 211 g/mol. The van der Waals surface area contributed by atoms with Crippen LogP contribution in [0.3, 0.4) is 0 Å². The van der Waals surface area contributed by atoms with E-state index in [1.165, 1.54) is 0 Å². The van der Waals surface area contributed by atoms with Gasteiger partial charge in [0.25, 0.3) is 0 Å². The highest BCUT2D eigenvalue weighted by molar-refractivity contribution is 5.84. The normalized spacial score (nSPS) is 38.7. The standard InChI is InChI=1S/C11H21N3O/c1-8-7-9(3-5-13(8)2)14-6-4-10(12)11(14)15/h8-10H,3-7,12H2,1-2H3. The minimum atomic E-state index is -0.236. The molecule has 0 aromatic carbocycles. The molecule has 0 radical (unpaired) electrons. The lowest BCUT2D eigenvalue weighted by molar-refractivity contribution is -0.131. The van der Waals surface area contributed by atoms with Gasteiger partial charge in [0.15, 0.2) is 0 Å². The number of piperidine rings is 1. The molecule has 1 amide bonds. The second-order valence-corrected chi connectivity index (χ2v) is 4.93. The van der Waals surface area contributed by atoms with Gasteiger partial charge in [-0.3, -0.25) is 4.79 Å². The number of hydrogen-bond acceptors (Lipinski definition) is 3. The molecule has 0 aromatic rings. The van der Waals surface area contributed by atoms with Crippen molar-refractivity contribution >= 4 is 5.91 Å². The van der Waals surface area contributed by atoms with Gasteiger partial charge in [-0.1, -0.05) is 0 Å². The summed E-state index contributed by atoms with van der Waals surface area (Å²) in [5, 5.41) is 0. The van der Waals surface area contributed by atoms with Crippen LogP contribution in [0.4, 0.5) is 0 Å². The molecule has 0 aromatic heterocycles. The molecular weight excluding hydrogens is 190 g/mol. The van der Waals surface area contributed by atoms with Crippen LogP contribution in [-0.2, 0) is 4.79 Å². The first-order valence-electron chi connectivity index (χ1n) is 5.86. The van der Waals surface area contributed by atoms with E-state index in [0.717, 1.165) is 32.4 Å². The summed E-state index contributed by atoms with van der Waals surface area (Å²) in [6.07, 6.45) is 3.02. The van der Waals surface area contributed by atoms with E-state index in [2.05, 4.69) is 18.9 Å². The van der Waals surface area contributed by atoms with Crippen molar-refractivity contribution in [2.75, 3.05) is 20.1 Å². The Morgan fingerprint density at radius 1 is 1.33 bits per heavy atom. The molecule has 2 N–H and O–H groups in total. The van der Waals surface area contributed by atoms with Crippen molar-refractivity contribution in [3.63, 3.8) is 0 Å². The van der Waals surface area contributed by atoms with Crippen LogP contribution >= 0.6 is 0 Å². The summed E-state index contributed by atoms with van der Waals surface area (Å²) in [6.45, 7) is 4.18. The highest BCUT2D eigenvalue weighted by Gasteiger charge is 2.36. The molecule has 15 heavy (non-hydrogen) atoms. The Labute approximate surface area is 91.4 Å². The molecule has 2 rings (SSSR count). The summed E-state index contributed by atoms with van der Waals surface area (Å²) in [6, 6.07) is 0.769. The number of nitrogens with two attached hydrogens (primary N) is 1. The Balaban J connectivity index is 1.97. The fourth-order valence-electron chi connectivity index (χ4n) is 2.64. The summed E-state index contributed by atoms with van der Waals surface area (Å²) < 4.78 is 0. The summed E-state index contributed by atoms with van der Waals surface area (Å²) >= 11 is 0. The average Bonchev–Trinajstić information content (AvgIpc) is 2.53. The number of likely N-dealkylation sites (tertiary alicyclic amines) is 2. The van der Waals surface area contributed by atoms with Gasteiger partial charge in [0.1, 0.15) is 0 Å². The van der Waals surface area contributed by atoms with Crippen LogP contribution in [0.15, 0.2) is 0 Å². The van der Waals surface area contributed by atoms with E-state index in [4.69, 9.17) is 5.73 Å². The van der Waals surface area contributed by atoms with Gasteiger partial charge in [-0.2, -0.15) is 0 Å². The zero-order chi connectivity index (χ0) is 11.0. The van der Waals surface area contributed by atoms with Gasteiger partial charge in [0, 0.05) is 25.2 Å². The van der Waals surface area contributed by atoms with E-state index in [1.807, 2.05) is 4.90 Å². The van der Waals surface area contributed by atoms with E-state index < -0.39 is 0 Å². The highest BCUT2D eigenvalue weighted by Crippen LogP contribution is 2.24. The van der Waals surface area contributed by atoms with Gasteiger partial charge in [-0.25, -0.2) is 0 Å². The molecule has 2 saturated heterocycles. The SMILES string of the molecule is CC1CC(N2CCC(N)C2=O)CCN1C. The van der Waals surface area contributed by atoms with Gasteiger partial charge in [-0.15, -0.1) is 0 Å². The Bertz CT molecular complexity index is 256. The molecule has 2 aliphatic heterocycles. The molecule has 0 bridgehead atoms. The molecule has 86 valence electrons. The lowest BCUT2D eigenvalue weighted by atomic mass is 9.98. The van der Waals surface area contributed by atoms with Gasteiger partial charge in [0.2, 0.25) is 5.91 Å². The fraction of sp³-hybridized carbons (Fsp3) is 0.909. The predicted octanol–water partition coefficient (Wildman–Crippen LogP) is 0.0287. The van der Waals surface area contributed by atoms with Crippen LogP contribution in [-0.4, -0.2) is 54.0 Å². The second kappa shape index (κ2) is 4.10. The van der Waals surface area contributed by atoms with Gasteiger partial charge in [0.05, 0.1) is 6.04 Å². The van der Waals surface area contributed by atoms with Crippen molar-refractivity contribution in [1.82, 2.24) is 9.80 Å². The molecule has 0 saturated carbocycles. The van der Waals surface area contributed by atoms with Crippen molar-refractivity contribution in [2.24, 2.45) is 5.73 Å². The Morgan fingerprint density at radius 2 is 2.07 bits per heavy atom. The van der Waals surface area contributed by atoms with Crippen LogP contribution < -0.4 is 5.73 Å². The van der Waals surface area contributed by atoms with Crippen molar-refractivity contribution in [2.45, 2.75) is 44.3 Å². The number of rotatable bonds is 1. The van der Waals surface area contributed by atoms with E-state index in [-0.39, 0.29) is 11.9 Å². The number of amides is 1. The Kier molecular flexibility index (Phi) is 2.98. The van der Waals surface area contributed by atoms with Crippen LogP contribution in [0.1, 0.15) is 26.2 Å². The molecule has 4 nitrogen and oxygen atoms in total. The summed E-state index contributed by atoms with van der Waals surface area (Å²) in [4.78, 5) is 16.1. The van der Waals surface area contributed by atoms with Gasteiger partial charge < -0.3 is 15.5 Å². The van der Waals surface area contributed by atoms with E-state index in [1.54, 1.807) is 0 Å². The van der Waals surface area contributed by atoms with Crippen molar-refractivity contribution in [3.8, 4) is 0 Å². The maximum atomic E-state index is 11.8. The van der Waals surface area contributed by atoms with Crippen LogP contribution in [0.25, 0.3) is 0 Å². The number of hydrogen-bond donors (Lipinski definition) is 1. The minimum absolute atomic E-state index is 0.164. The number of nitrogens with zero attached hydrogens (tertiary/aromatic N) is 2. The molecule has 2 heterocycles. The molecule has 3 unspecified atom stereocenters. The maximum absolute atomic E-state index is 11.8. The highest BCUT2D eigenvalue weighted by atomic mass is 16.2. The predicted molar refractivity (Wildman–Crippen MR) is 59.4 cm³/mol. The smallest absolute Gasteiger partial charge is 0.239 e. The zero-order valence-electron chi connectivity index (χ0n) is 9.65. The van der Waals surface area contributed by atoms with E-state index in [9.17, 15) is 4.79 Å². The monoisotopic (exact) mass is 211 g/mol. The third-order valence-corrected chi connectivity index (χ3v) is 3.90. The van der Waals surface area contributed by atoms with Crippen molar-refractivity contribution < 1.29 is 4.79 Å². The molecule has 0 spiro atoms. The van der Waals surface area contributed by atoms with Crippen LogP contribution in [0.2, 0.25) is 0 Å². The topological polar surface area (TPSA) is 49.6 Å². The number of carbonyl (C=O) groups excluding carboxylic acids is 1. The molecule has 0 aliphatic carbocycles. The second-order valence-electron chi connectivity index (χ2n) is 4.93. The van der Waals surface area contributed by atoms with E-state index in [0.29, 0.717) is 12.1 Å². The third-order valence-electron chi connectivity index (χ3n) is 3.90. The summed E-state index contributed by atoms with van der Waals surface area (Å²) in [7, 11) is 2.15. The lowest BCUT2D eigenvalue weighted by Crippen LogP contribution is -2.49. The first-order valence-corrected chi connectivity index (χ1v) is 5.86. The minimum Gasteiger partial charge on any atom is -0.338 e. The van der Waals surface area contributed by atoms with E-state index >= 15 is 0 Å². The number of carbonyl (C=O) groups is 1. The summed E-state index contributed by atoms with van der Waals surface area (Å²) in [5.41, 5.74) is 5.74. The maximum Gasteiger partial charge on any atom is 0.239 e. The fourth-order valence-corrected chi connectivity index (χ4v) is 2.64. The Morgan fingerprint density at radius 3 is 2.60 bits per heavy atom. The quantitative estimate of drug-likeness (QED) is 0.665. The van der Waals surface area contributed by atoms with Crippen LogP contribution in [0, 0.1) is 0 Å². The molecule has 4 heteroatoms. The largest absolute Gasteiger partial charge is 0.338 e. The molecule has 2 fully saturated rings. The zero-order valence-corrected chi connectivity index (χ0v) is 9.65. The third kappa shape index (κ3) is 2.01. The van der Waals surface area contributed by atoms with Crippen molar-refractivity contribution in [3.05, 3.63) is 0 Å². The first-order chi connectivity index (χ1) is 7.09. The molecular formula is C11H21N3O.